The van der Waals surface area contributed by atoms with Gasteiger partial charge in [0.1, 0.15) is 0 Å². The first-order chi connectivity index (χ1) is 16.7. The van der Waals surface area contributed by atoms with Crippen LogP contribution >= 0.6 is 34.3 Å². The molecule has 0 amide bonds. The zero-order chi connectivity index (χ0) is 22.9. The molecule has 0 bridgehead atoms. The molecule has 0 spiro atoms. The summed E-state index contributed by atoms with van der Waals surface area (Å²) >= 11 is 9.25. The van der Waals surface area contributed by atoms with Crippen LogP contribution in [-0.4, -0.2) is 62.4 Å². The Labute approximate surface area is 209 Å². The van der Waals surface area contributed by atoms with E-state index in [4.69, 9.17) is 26.2 Å². The number of thiophene rings is 1. The number of piperazine rings is 1. The molecule has 4 aromatic heterocycles. The number of fused-ring (bicyclic) bond motifs is 1. The van der Waals surface area contributed by atoms with E-state index in [1.807, 2.05) is 52.5 Å². The van der Waals surface area contributed by atoms with E-state index in [-0.39, 0.29) is 0 Å². The van der Waals surface area contributed by atoms with Crippen molar-refractivity contribution in [3.05, 3.63) is 58.9 Å². The lowest BCUT2D eigenvalue weighted by atomic mass is 10.2. The van der Waals surface area contributed by atoms with Crippen molar-refractivity contribution < 1.29 is 4.52 Å². The van der Waals surface area contributed by atoms with Crippen LogP contribution in [0.5, 0.6) is 0 Å². The van der Waals surface area contributed by atoms with E-state index in [1.54, 1.807) is 22.7 Å². The summed E-state index contributed by atoms with van der Waals surface area (Å²) in [5.74, 6) is 1.40. The van der Waals surface area contributed by atoms with Gasteiger partial charge >= 0.3 is 0 Å². The number of aromatic nitrogens is 5. The van der Waals surface area contributed by atoms with Gasteiger partial charge in [-0.15, -0.1) is 16.4 Å². The maximum Gasteiger partial charge on any atom is 0.227 e. The second kappa shape index (κ2) is 9.46. The molecule has 1 saturated heterocycles. The molecule has 0 saturated carbocycles. The number of halogens is 1. The lowest BCUT2D eigenvalue weighted by Gasteiger charge is -2.34. The standard InChI is InChI=1S/C23H22ClN7OS2/c24-17-7-5-16(6-8-17)18-15-31-22(25-18)34-23(27-31)30-12-10-29(11-13-30)9-1-4-20-26-21(28-32-20)19-3-2-14-33-19/h2-3,5-8,14-15H,1,4,9-13H2. The molecule has 174 valence electrons. The van der Waals surface area contributed by atoms with Crippen molar-refractivity contribution in [3.63, 3.8) is 0 Å². The molecule has 5 heterocycles. The Hall–Kier alpha value is -2.79. The molecule has 5 aromatic rings. The summed E-state index contributed by atoms with van der Waals surface area (Å²) in [5, 5.41) is 12.6. The number of benzene rings is 1. The summed E-state index contributed by atoms with van der Waals surface area (Å²) in [7, 11) is 0. The Morgan fingerprint density at radius 3 is 2.65 bits per heavy atom. The summed E-state index contributed by atoms with van der Waals surface area (Å²) in [4.78, 5) is 16.1. The van der Waals surface area contributed by atoms with Gasteiger partial charge in [-0.3, -0.25) is 4.90 Å². The molecule has 0 unspecified atom stereocenters. The molecule has 1 fully saturated rings. The van der Waals surface area contributed by atoms with Gasteiger partial charge in [0.15, 0.2) is 0 Å². The van der Waals surface area contributed by atoms with Crippen LogP contribution in [0.3, 0.4) is 0 Å². The minimum absolute atomic E-state index is 0.689. The number of aryl methyl sites for hydroxylation is 1. The van der Waals surface area contributed by atoms with E-state index in [0.29, 0.717) is 11.7 Å². The zero-order valence-electron chi connectivity index (χ0n) is 18.3. The lowest BCUT2D eigenvalue weighted by molar-refractivity contribution is 0.250. The SMILES string of the molecule is Clc1ccc(-c2cn3nc(N4CCN(CCCc5nc(-c6cccs6)no5)CC4)sc3n2)cc1. The molecular weight excluding hydrogens is 490 g/mol. The van der Waals surface area contributed by atoms with Crippen molar-refractivity contribution >= 4 is 44.4 Å². The maximum atomic E-state index is 5.99. The van der Waals surface area contributed by atoms with Crippen LogP contribution in [0.1, 0.15) is 12.3 Å². The van der Waals surface area contributed by atoms with E-state index >= 15 is 0 Å². The number of nitrogens with zero attached hydrogens (tertiary/aromatic N) is 7. The third-order valence-corrected chi connectivity index (χ3v) is 7.99. The van der Waals surface area contributed by atoms with Gasteiger partial charge in [0, 0.05) is 43.2 Å². The van der Waals surface area contributed by atoms with E-state index in [2.05, 4.69) is 19.9 Å². The van der Waals surface area contributed by atoms with Crippen LogP contribution in [0.15, 0.2) is 52.5 Å². The Morgan fingerprint density at radius 1 is 1.03 bits per heavy atom. The Kier molecular flexibility index (Phi) is 6.04. The highest BCUT2D eigenvalue weighted by Crippen LogP contribution is 2.28. The molecule has 11 heteroatoms. The highest BCUT2D eigenvalue weighted by molar-refractivity contribution is 7.20. The average molecular weight is 512 g/mol. The first-order valence-electron chi connectivity index (χ1n) is 11.2. The van der Waals surface area contributed by atoms with Crippen molar-refractivity contribution in [1.82, 2.24) is 29.6 Å². The van der Waals surface area contributed by atoms with E-state index in [1.165, 1.54) is 0 Å². The fourth-order valence-corrected chi connectivity index (χ4v) is 5.77. The molecule has 6 rings (SSSR count). The third-order valence-electron chi connectivity index (χ3n) is 5.89. The van der Waals surface area contributed by atoms with Gasteiger partial charge in [-0.25, -0.2) is 9.50 Å². The monoisotopic (exact) mass is 511 g/mol. The van der Waals surface area contributed by atoms with Crippen LogP contribution in [0, 0.1) is 0 Å². The summed E-state index contributed by atoms with van der Waals surface area (Å²) < 4.78 is 7.29. The number of hydrogen-bond donors (Lipinski definition) is 0. The quantitative estimate of drug-likeness (QED) is 0.305. The van der Waals surface area contributed by atoms with Crippen molar-refractivity contribution in [1.29, 1.82) is 0 Å². The minimum atomic E-state index is 0.689. The Bertz CT molecular complexity index is 1340. The first-order valence-corrected chi connectivity index (χ1v) is 13.2. The van der Waals surface area contributed by atoms with Crippen molar-refractivity contribution in [2.75, 3.05) is 37.6 Å². The lowest BCUT2D eigenvalue weighted by Crippen LogP contribution is -2.46. The number of imidazole rings is 1. The largest absolute Gasteiger partial charge is 0.344 e. The number of rotatable bonds is 7. The molecule has 0 N–H and O–H groups in total. The molecule has 1 aromatic carbocycles. The van der Waals surface area contributed by atoms with Crippen LogP contribution < -0.4 is 4.90 Å². The van der Waals surface area contributed by atoms with Crippen LogP contribution in [0.4, 0.5) is 5.13 Å². The molecule has 34 heavy (non-hydrogen) atoms. The molecule has 1 aliphatic heterocycles. The summed E-state index contributed by atoms with van der Waals surface area (Å²) in [6.07, 6.45) is 3.79. The summed E-state index contributed by atoms with van der Waals surface area (Å²) in [5.41, 5.74) is 1.95. The third kappa shape index (κ3) is 4.58. The van der Waals surface area contributed by atoms with Gasteiger partial charge in [-0.1, -0.05) is 46.3 Å². The zero-order valence-corrected chi connectivity index (χ0v) is 20.7. The van der Waals surface area contributed by atoms with Gasteiger partial charge in [0.25, 0.3) is 0 Å². The topological polar surface area (TPSA) is 75.6 Å². The van der Waals surface area contributed by atoms with Gasteiger partial charge in [0.05, 0.1) is 16.8 Å². The summed E-state index contributed by atoms with van der Waals surface area (Å²) in [6.45, 7) is 4.98. The Morgan fingerprint density at radius 2 is 1.88 bits per heavy atom. The van der Waals surface area contributed by atoms with Gasteiger partial charge in [0.2, 0.25) is 21.8 Å². The van der Waals surface area contributed by atoms with E-state index in [0.717, 1.165) is 76.8 Å². The smallest absolute Gasteiger partial charge is 0.227 e. The minimum Gasteiger partial charge on any atom is -0.344 e. The highest BCUT2D eigenvalue weighted by atomic mass is 35.5. The Balaban J connectivity index is 1.00. The number of hydrogen-bond acceptors (Lipinski definition) is 9. The molecule has 1 aliphatic rings. The highest BCUT2D eigenvalue weighted by Gasteiger charge is 2.21. The molecule has 0 aliphatic carbocycles. The van der Waals surface area contributed by atoms with Crippen molar-refractivity contribution in [2.45, 2.75) is 12.8 Å². The average Bonchev–Trinajstić information content (AvgIpc) is 3.63. The number of anilines is 1. The normalized spacial score (nSPS) is 14.9. The van der Waals surface area contributed by atoms with Crippen molar-refractivity contribution in [3.8, 4) is 22.0 Å². The molecule has 0 atom stereocenters. The fourth-order valence-electron chi connectivity index (χ4n) is 4.06. The van der Waals surface area contributed by atoms with Crippen LogP contribution in [0.25, 0.3) is 26.9 Å². The first kappa shape index (κ1) is 21.7. The fraction of sp³-hybridized carbons (Fsp3) is 0.304. The second-order valence-electron chi connectivity index (χ2n) is 8.17. The van der Waals surface area contributed by atoms with Gasteiger partial charge in [-0.2, -0.15) is 4.98 Å². The van der Waals surface area contributed by atoms with E-state index < -0.39 is 0 Å². The van der Waals surface area contributed by atoms with Crippen LogP contribution in [-0.2, 0) is 6.42 Å². The maximum absolute atomic E-state index is 5.99. The second-order valence-corrected chi connectivity index (χ2v) is 10.5. The van der Waals surface area contributed by atoms with Gasteiger partial charge < -0.3 is 9.42 Å². The summed E-state index contributed by atoms with van der Waals surface area (Å²) in [6, 6.07) is 11.7. The predicted octanol–water partition coefficient (Wildman–Crippen LogP) is 4.98. The molecule has 0 radical (unpaired) electrons. The predicted molar refractivity (Wildman–Crippen MR) is 136 cm³/mol. The molecular formula is C23H22ClN7OS2. The van der Waals surface area contributed by atoms with E-state index in [9.17, 15) is 0 Å². The van der Waals surface area contributed by atoms with Crippen LogP contribution in [0.2, 0.25) is 5.02 Å². The van der Waals surface area contributed by atoms with Crippen molar-refractivity contribution in [2.24, 2.45) is 0 Å². The molecule has 8 nitrogen and oxygen atoms in total. The van der Waals surface area contributed by atoms with Gasteiger partial charge in [-0.05, 0) is 36.5 Å².